The smallest absolute Gasteiger partial charge is 0.346 e. The van der Waals surface area contributed by atoms with Crippen LogP contribution in [0.15, 0.2) is 39.7 Å². The van der Waals surface area contributed by atoms with E-state index in [0.717, 1.165) is 5.56 Å². The number of hydrogen-bond donors (Lipinski definition) is 1. The molecule has 0 radical (unpaired) electrons. The third kappa shape index (κ3) is 2.79. The van der Waals surface area contributed by atoms with Gasteiger partial charge < -0.3 is 4.42 Å². The SMILES string of the molecule is Cc1cc(Cl)cc2c(=O)oc(C3CC(=O)NN3c3ncccc3Cl)nc12. The Bertz CT molecular complexity index is 1100. The number of nitrogens with one attached hydrogen (secondary N) is 1. The van der Waals surface area contributed by atoms with E-state index in [4.69, 9.17) is 27.6 Å². The summed E-state index contributed by atoms with van der Waals surface area (Å²) >= 11 is 12.2. The summed E-state index contributed by atoms with van der Waals surface area (Å²) < 4.78 is 5.39. The predicted octanol–water partition coefficient (Wildman–Crippen LogP) is 3.18. The number of rotatable bonds is 2. The number of fused-ring (bicyclic) bond motifs is 1. The second-order valence-corrected chi connectivity index (χ2v) is 6.74. The molecule has 1 amide bonds. The molecule has 2 aromatic heterocycles. The Morgan fingerprint density at radius 2 is 2.12 bits per heavy atom. The van der Waals surface area contributed by atoms with Crippen LogP contribution in [0.5, 0.6) is 0 Å². The molecule has 26 heavy (non-hydrogen) atoms. The Balaban J connectivity index is 1.87. The Labute approximate surface area is 157 Å². The molecule has 0 aliphatic carbocycles. The maximum absolute atomic E-state index is 12.4. The summed E-state index contributed by atoms with van der Waals surface area (Å²) in [5, 5.41) is 2.54. The number of anilines is 1. The number of carbonyl (C=O) groups excluding carboxylic acids is 1. The third-order valence-electron chi connectivity index (χ3n) is 4.09. The van der Waals surface area contributed by atoms with Crippen molar-refractivity contribution in [1.82, 2.24) is 15.4 Å². The fraction of sp³-hybridized carbons (Fsp3) is 0.176. The van der Waals surface area contributed by atoms with Crippen molar-refractivity contribution < 1.29 is 9.21 Å². The standard InChI is InChI=1S/C17H12Cl2N4O3/c1-8-5-9(18)6-10-14(8)21-16(26-17(10)25)12-7-13(24)22-23(12)15-11(19)3-2-4-20-15/h2-6,12H,7H2,1H3,(H,22,24). The lowest BCUT2D eigenvalue weighted by atomic mass is 10.1. The van der Waals surface area contributed by atoms with Crippen LogP contribution >= 0.6 is 23.2 Å². The van der Waals surface area contributed by atoms with Gasteiger partial charge in [-0.15, -0.1) is 0 Å². The maximum atomic E-state index is 12.4. The first-order valence-corrected chi connectivity index (χ1v) is 8.50. The van der Waals surface area contributed by atoms with Crippen LogP contribution in [-0.4, -0.2) is 15.9 Å². The zero-order valence-corrected chi connectivity index (χ0v) is 15.0. The van der Waals surface area contributed by atoms with Gasteiger partial charge in [-0.2, -0.15) is 0 Å². The molecule has 4 rings (SSSR count). The Hall–Kier alpha value is -2.64. The second kappa shape index (κ2) is 6.26. The zero-order valence-electron chi connectivity index (χ0n) is 13.5. The minimum Gasteiger partial charge on any atom is -0.405 e. The van der Waals surface area contributed by atoms with Gasteiger partial charge in [0.05, 0.1) is 22.3 Å². The van der Waals surface area contributed by atoms with Crippen LogP contribution in [0.25, 0.3) is 10.9 Å². The lowest BCUT2D eigenvalue weighted by Crippen LogP contribution is -2.36. The maximum Gasteiger partial charge on any atom is 0.346 e. The summed E-state index contributed by atoms with van der Waals surface area (Å²) in [4.78, 5) is 33.1. The van der Waals surface area contributed by atoms with Crippen molar-refractivity contribution in [2.24, 2.45) is 0 Å². The van der Waals surface area contributed by atoms with E-state index in [1.807, 2.05) is 0 Å². The quantitative estimate of drug-likeness (QED) is 0.722. The highest BCUT2D eigenvalue weighted by molar-refractivity contribution is 6.33. The van der Waals surface area contributed by atoms with Crippen molar-refractivity contribution >= 4 is 45.8 Å². The number of aromatic nitrogens is 2. The van der Waals surface area contributed by atoms with Gasteiger partial charge in [0.15, 0.2) is 5.82 Å². The van der Waals surface area contributed by atoms with Crippen LogP contribution in [0.2, 0.25) is 10.0 Å². The number of pyridine rings is 1. The summed E-state index contributed by atoms with van der Waals surface area (Å²) in [6.45, 7) is 1.80. The van der Waals surface area contributed by atoms with Gasteiger partial charge in [-0.3, -0.25) is 15.2 Å². The minimum absolute atomic E-state index is 0.0565. The minimum atomic E-state index is -0.651. The Morgan fingerprint density at radius 1 is 1.31 bits per heavy atom. The van der Waals surface area contributed by atoms with Crippen LogP contribution < -0.4 is 16.1 Å². The van der Waals surface area contributed by atoms with Gasteiger partial charge in [-0.1, -0.05) is 23.2 Å². The zero-order chi connectivity index (χ0) is 18.4. The number of benzene rings is 1. The van der Waals surface area contributed by atoms with Gasteiger partial charge in [-0.25, -0.2) is 14.8 Å². The number of carbonyl (C=O) groups is 1. The van der Waals surface area contributed by atoms with E-state index in [1.165, 1.54) is 11.1 Å². The first-order chi connectivity index (χ1) is 12.4. The molecule has 3 heterocycles. The van der Waals surface area contributed by atoms with Crippen LogP contribution in [-0.2, 0) is 4.79 Å². The van der Waals surface area contributed by atoms with Crippen molar-refractivity contribution in [3.05, 3.63) is 62.4 Å². The number of aryl methyl sites for hydroxylation is 1. The number of hydrogen-bond acceptors (Lipinski definition) is 6. The number of halogens is 2. The average Bonchev–Trinajstić information content (AvgIpc) is 2.97. The predicted molar refractivity (Wildman–Crippen MR) is 97.3 cm³/mol. The molecule has 1 aliphatic rings. The van der Waals surface area contributed by atoms with Gasteiger partial charge in [-0.05, 0) is 36.8 Å². The molecular weight excluding hydrogens is 379 g/mol. The molecule has 1 fully saturated rings. The van der Waals surface area contributed by atoms with Crippen LogP contribution in [0, 0.1) is 6.92 Å². The highest BCUT2D eigenvalue weighted by Crippen LogP contribution is 2.34. The second-order valence-electron chi connectivity index (χ2n) is 5.89. The number of nitrogens with zero attached hydrogens (tertiary/aromatic N) is 3. The lowest BCUT2D eigenvalue weighted by molar-refractivity contribution is -0.119. The molecule has 1 aliphatic heterocycles. The fourth-order valence-corrected chi connectivity index (χ4v) is 3.43. The fourth-order valence-electron chi connectivity index (χ4n) is 2.94. The van der Waals surface area contributed by atoms with E-state index >= 15 is 0 Å². The van der Waals surface area contributed by atoms with E-state index in [-0.39, 0.29) is 18.2 Å². The molecule has 1 unspecified atom stereocenters. The Morgan fingerprint density at radius 3 is 2.88 bits per heavy atom. The van der Waals surface area contributed by atoms with Crippen LogP contribution in [0.3, 0.4) is 0 Å². The van der Waals surface area contributed by atoms with Crippen LogP contribution in [0.1, 0.15) is 23.9 Å². The lowest BCUT2D eigenvalue weighted by Gasteiger charge is -2.23. The highest BCUT2D eigenvalue weighted by Gasteiger charge is 2.37. The van der Waals surface area contributed by atoms with Gasteiger partial charge in [0.2, 0.25) is 11.8 Å². The molecule has 9 heteroatoms. The number of amides is 1. The third-order valence-corrected chi connectivity index (χ3v) is 4.61. The van der Waals surface area contributed by atoms with E-state index in [1.54, 1.807) is 31.3 Å². The topological polar surface area (TPSA) is 88.3 Å². The molecule has 1 N–H and O–H groups in total. The molecule has 1 aromatic carbocycles. The molecule has 3 aromatic rings. The van der Waals surface area contributed by atoms with Gasteiger partial charge in [0.25, 0.3) is 0 Å². The molecule has 0 spiro atoms. The molecular formula is C17H12Cl2N4O3. The van der Waals surface area contributed by atoms with E-state index in [0.29, 0.717) is 26.8 Å². The molecule has 0 saturated carbocycles. The Kier molecular flexibility index (Phi) is 4.05. The summed E-state index contributed by atoms with van der Waals surface area (Å²) in [5.74, 6) is 0.199. The molecule has 1 atom stereocenters. The summed E-state index contributed by atoms with van der Waals surface area (Å²) in [7, 11) is 0. The average molecular weight is 391 g/mol. The van der Waals surface area contributed by atoms with E-state index in [9.17, 15) is 9.59 Å². The molecule has 7 nitrogen and oxygen atoms in total. The van der Waals surface area contributed by atoms with Crippen molar-refractivity contribution in [2.75, 3.05) is 5.01 Å². The summed E-state index contributed by atoms with van der Waals surface area (Å²) in [6.07, 6.45) is 1.61. The number of hydrazine groups is 1. The molecule has 1 saturated heterocycles. The van der Waals surface area contributed by atoms with Gasteiger partial charge >= 0.3 is 5.63 Å². The molecule has 0 bridgehead atoms. The van der Waals surface area contributed by atoms with E-state index < -0.39 is 11.7 Å². The van der Waals surface area contributed by atoms with Crippen molar-refractivity contribution in [3.8, 4) is 0 Å². The van der Waals surface area contributed by atoms with Crippen LogP contribution in [0.4, 0.5) is 5.82 Å². The van der Waals surface area contributed by atoms with E-state index in [2.05, 4.69) is 15.4 Å². The summed E-state index contributed by atoms with van der Waals surface area (Å²) in [6, 6.07) is 5.91. The largest absolute Gasteiger partial charge is 0.405 e. The highest BCUT2D eigenvalue weighted by atomic mass is 35.5. The first kappa shape index (κ1) is 16.8. The monoisotopic (exact) mass is 390 g/mol. The normalized spacial score (nSPS) is 17.0. The van der Waals surface area contributed by atoms with Crippen molar-refractivity contribution in [1.29, 1.82) is 0 Å². The van der Waals surface area contributed by atoms with Crippen molar-refractivity contribution in [2.45, 2.75) is 19.4 Å². The van der Waals surface area contributed by atoms with Gasteiger partial charge in [0, 0.05) is 11.2 Å². The van der Waals surface area contributed by atoms with Gasteiger partial charge in [0.1, 0.15) is 6.04 Å². The first-order valence-electron chi connectivity index (χ1n) is 7.74. The molecule has 132 valence electrons. The van der Waals surface area contributed by atoms with Crippen molar-refractivity contribution in [3.63, 3.8) is 0 Å². The summed E-state index contributed by atoms with van der Waals surface area (Å²) in [5.41, 5.74) is 3.32.